The summed E-state index contributed by atoms with van der Waals surface area (Å²) in [4.78, 5) is 16.0. The number of nitrogens with zero attached hydrogens (tertiary/aromatic N) is 2. The van der Waals surface area contributed by atoms with Crippen molar-refractivity contribution in [3.8, 4) is 0 Å². The molecule has 1 aromatic carbocycles. The number of benzene rings is 1. The van der Waals surface area contributed by atoms with Crippen LogP contribution in [0.2, 0.25) is 0 Å². The average molecular weight is 393 g/mol. The number of aryl methyl sites for hydroxylation is 2. The van der Waals surface area contributed by atoms with Crippen LogP contribution in [0.1, 0.15) is 16.1 Å². The summed E-state index contributed by atoms with van der Waals surface area (Å²) in [6, 6.07) is 2.89. The number of amides is 1. The first-order chi connectivity index (χ1) is 9.70. The Kier molecular flexibility index (Phi) is 4.40. The Morgan fingerprint density at radius 1 is 1.43 bits per heavy atom. The highest BCUT2D eigenvalue weighted by atomic mass is 79.9. The molecular weight excluding hydrogens is 382 g/mol. The molecule has 6 nitrogen and oxygen atoms in total. The predicted molar refractivity (Wildman–Crippen MR) is 83.1 cm³/mol. The van der Waals surface area contributed by atoms with Crippen LogP contribution < -0.4 is 5.32 Å². The molecule has 0 atom stereocenters. The fourth-order valence-corrected chi connectivity index (χ4v) is 3.58. The van der Waals surface area contributed by atoms with Crippen LogP contribution in [0.3, 0.4) is 0 Å². The first-order valence-corrected chi connectivity index (χ1v) is 8.83. The van der Waals surface area contributed by atoms with Crippen LogP contribution >= 0.6 is 26.6 Å². The van der Waals surface area contributed by atoms with Gasteiger partial charge < -0.3 is 9.88 Å². The lowest BCUT2D eigenvalue weighted by atomic mass is 10.2. The summed E-state index contributed by atoms with van der Waals surface area (Å²) in [5, 5.41) is 2.69. The number of nitrogens with one attached hydrogen (secondary N) is 1. The first-order valence-electron chi connectivity index (χ1n) is 5.72. The van der Waals surface area contributed by atoms with Crippen molar-refractivity contribution in [2.45, 2.75) is 11.8 Å². The molecule has 2 aromatic rings. The van der Waals surface area contributed by atoms with Gasteiger partial charge in [0, 0.05) is 22.2 Å². The van der Waals surface area contributed by atoms with Gasteiger partial charge in [0.05, 0.1) is 23.1 Å². The maximum atomic E-state index is 12.1. The van der Waals surface area contributed by atoms with Crippen molar-refractivity contribution in [2.75, 3.05) is 5.32 Å². The molecule has 0 bridgehead atoms. The zero-order valence-electron chi connectivity index (χ0n) is 11.1. The van der Waals surface area contributed by atoms with E-state index in [4.69, 9.17) is 10.7 Å². The van der Waals surface area contributed by atoms with E-state index in [0.717, 1.165) is 0 Å². The van der Waals surface area contributed by atoms with Crippen molar-refractivity contribution in [1.29, 1.82) is 0 Å². The van der Waals surface area contributed by atoms with Gasteiger partial charge in [0.15, 0.2) is 0 Å². The van der Waals surface area contributed by atoms with Gasteiger partial charge in [-0.15, -0.1) is 0 Å². The van der Waals surface area contributed by atoms with Crippen LogP contribution in [-0.2, 0) is 16.1 Å². The van der Waals surface area contributed by atoms with Crippen LogP contribution in [0, 0.1) is 6.92 Å². The molecule has 2 rings (SSSR count). The van der Waals surface area contributed by atoms with Gasteiger partial charge in [-0.05, 0) is 40.5 Å². The van der Waals surface area contributed by atoms with Crippen molar-refractivity contribution < 1.29 is 13.2 Å². The summed E-state index contributed by atoms with van der Waals surface area (Å²) in [5.41, 5.74) is 1.27. The molecule has 0 fully saturated rings. The highest BCUT2D eigenvalue weighted by Crippen LogP contribution is 2.30. The Balaban J connectivity index is 2.37. The predicted octanol–water partition coefficient (Wildman–Crippen LogP) is 2.67. The molecule has 0 aliphatic heterocycles. The molecule has 112 valence electrons. The fraction of sp³-hybridized carbons (Fsp3) is 0.167. The number of hydrogen-bond acceptors (Lipinski definition) is 4. The SMILES string of the molecule is Cc1cc(NC(=O)c2cncn2C)c(Br)cc1S(=O)(=O)Cl. The van der Waals surface area contributed by atoms with E-state index in [2.05, 4.69) is 26.2 Å². The van der Waals surface area contributed by atoms with Gasteiger partial charge >= 0.3 is 0 Å². The lowest BCUT2D eigenvalue weighted by Crippen LogP contribution is -2.16. The molecule has 0 spiro atoms. The van der Waals surface area contributed by atoms with Gasteiger partial charge in [0.2, 0.25) is 0 Å². The number of rotatable bonds is 3. The molecule has 0 saturated heterocycles. The van der Waals surface area contributed by atoms with Crippen LogP contribution in [0.25, 0.3) is 0 Å². The van der Waals surface area contributed by atoms with E-state index in [1.807, 2.05) is 0 Å². The van der Waals surface area contributed by atoms with E-state index >= 15 is 0 Å². The minimum atomic E-state index is -3.84. The van der Waals surface area contributed by atoms with Crippen LogP contribution in [-0.4, -0.2) is 23.9 Å². The standard InChI is InChI=1S/C12H11BrClN3O3S/c1-7-3-9(8(13)4-11(7)21(14,19)20)16-12(18)10-5-15-6-17(10)2/h3-6H,1-2H3,(H,16,18). The maximum Gasteiger partial charge on any atom is 0.273 e. The molecule has 0 aliphatic carbocycles. The largest absolute Gasteiger partial charge is 0.330 e. The Morgan fingerprint density at radius 2 is 2.10 bits per heavy atom. The van der Waals surface area contributed by atoms with Crippen LogP contribution in [0.15, 0.2) is 34.0 Å². The molecule has 1 amide bonds. The quantitative estimate of drug-likeness (QED) is 0.814. The number of carbonyl (C=O) groups excluding carboxylic acids is 1. The number of halogens is 2. The van der Waals surface area contributed by atoms with E-state index < -0.39 is 9.05 Å². The van der Waals surface area contributed by atoms with Gasteiger partial charge in [0.1, 0.15) is 5.69 Å². The maximum absolute atomic E-state index is 12.1. The lowest BCUT2D eigenvalue weighted by molar-refractivity contribution is 0.101. The van der Waals surface area contributed by atoms with E-state index in [0.29, 0.717) is 21.4 Å². The van der Waals surface area contributed by atoms with Crippen LogP contribution in [0.4, 0.5) is 5.69 Å². The minimum absolute atomic E-state index is 0.00502. The second kappa shape index (κ2) is 5.78. The molecule has 0 radical (unpaired) electrons. The van der Waals surface area contributed by atoms with Gasteiger partial charge in [0.25, 0.3) is 15.0 Å². The monoisotopic (exact) mass is 391 g/mol. The number of carbonyl (C=O) groups is 1. The third kappa shape index (κ3) is 3.45. The smallest absolute Gasteiger partial charge is 0.273 e. The normalized spacial score (nSPS) is 11.4. The molecule has 1 aromatic heterocycles. The lowest BCUT2D eigenvalue weighted by Gasteiger charge is -2.11. The number of imidazole rings is 1. The third-order valence-corrected chi connectivity index (χ3v) is 4.94. The number of hydrogen-bond donors (Lipinski definition) is 1. The second-order valence-corrected chi connectivity index (χ2v) is 7.77. The summed E-state index contributed by atoms with van der Waals surface area (Å²) in [7, 11) is 3.21. The van der Waals surface area contributed by atoms with Crippen molar-refractivity contribution in [3.63, 3.8) is 0 Å². The van der Waals surface area contributed by atoms with E-state index in [1.165, 1.54) is 24.7 Å². The summed E-state index contributed by atoms with van der Waals surface area (Å²) in [6.45, 7) is 1.60. The Bertz CT molecular complexity index is 817. The number of aromatic nitrogens is 2. The summed E-state index contributed by atoms with van der Waals surface area (Å²) in [6.07, 6.45) is 2.95. The highest BCUT2D eigenvalue weighted by Gasteiger charge is 2.18. The Labute approximate surface area is 134 Å². The average Bonchev–Trinajstić information content (AvgIpc) is 2.78. The molecule has 0 saturated carbocycles. The first kappa shape index (κ1) is 16.0. The summed E-state index contributed by atoms with van der Waals surface area (Å²) >= 11 is 3.22. The molecule has 9 heteroatoms. The van der Waals surface area contributed by atoms with Gasteiger partial charge in [-0.2, -0.15) is 0 Å². The summed E-state index contributed by atoms with van der Waals surface area (Å²) < 4.78 is 24.8. The Morgan fingerprint density at radius 3 is 2.62 bits per heavy atom. The molecule has 0 aliphatic rings. The van der Waals surface area contributed by atoms with Gasteiger partial charge in [-0.1, -0.05) is 0 Å². The summed E-state index contributed by atoms with van der Waals surface area (Å²) in [5.74, 6) is -0.350. The van der Waals surface area contributed by atoms with Crippen molar-refractivity contribution >= 4 is 47.3 Å². The molecule has 1 N–H and O–H groups in total. The minimum Gasteiger partial charge on any atom is -0.330 e. The molecule has 1 heterocycles. The molecule has 21 heavy (non-hydrogen) atoms. The van der Waals surface area contributed by atoms with E-state index in [-0.39, 0.29) is 10.8 Å². The molecule has 0 unspecified atom stereocenters. The van der Waals surface area contributed by atoms with Crippen molar-refractivity contribution in [3.05, 3.63) is 40.4 Å². The zero-order chi connectivity index (χ0) is 15.8. The van der Waals surface area contributed by atoms with E-state index in [1.54, 1.807) is 18.5 Å². The van der Waals surface area contributed by atoms with E-state index in [9.17, 15) is 13.2 Å². The number of anilines is 1. The second-order valence-electron chi connectivity index (χ2n) is 4.38. The van der Waals surface area contributed by atoms with Gasteiger partial charge in [-0.3, -0.25) is 4.79 Å². The highest BCUT2D eigenvalue weighted by molar-refractivity contribution is 9.10. The van der Waals surface area contributed by atoms with Crippen molar-refractivity contribution in [1.82, 2.24) is 9.55 Å². The molecular formula is C12H11BrClN3O3S. The van der Waals surface area contributed by atoms with Crippen molar-refractivity contribution in [2.24, 2.45) is 7.05 Å². The zero-order valence-corrected chi connectivity index (χ0v) is 14.3. The van der Waals surface area contributed by atoms with Gasteiger partial charge in [-0.25, -0.2) is 13.4 Å². The van der Waals surface area contributed by atoms with Crippen LogP contribution in [0.5, 0.6) is 0 Å². The topological polar surface area (TPSA) is 81.1 Å². The Hall–Kier alpha value is -1.38. The fourth-order valence-electron chi connectivity index (χ4n) is 1.78. The third-order valence-electron chi connectivity index (χ3n) is 2.82.